The molecule has 0 saturated carbocycles. The van der Waals surface area contributed by atoms with Crippen molar-refractivity contribution in [2.45, 2.75) is 19.3 Å². The first-order chi connectivity index (χ1) is 22.1. The smallest absolute Gasteiger partial charge is 0.160 e. The summed E-state index contributed by atoms with van der Waals surface area (Å²) in [7, 11) is 0. The lowest BCUT2D eigenvalue weighted by Gasteiger charge is -2.21. The van der Waals surface area contributed by atoms with Crippen LogP contribution in [0.15, 0.2) is 152 Å². The first kappa shape index (κ1) is 26.9. The molecule has 5 aromatic carbocycles. The van der Waals surface area contributed by atoms with E-state index in [1.54, 1.807) is 6.20 Å². The third-order valence-electron chi connectivity index (χ3n) is 9.01. The number of fused-ring (bicyclic) bond motifs is 3. The van der Waals surface area contributed by atoms with Gasteiger partial charge in [0, 0.05) is 34.5 Å². The van der Waals surface area contributed by atoms with Gasteiger partial charge in [-0.15, -0.1) is 0 Å². The van der Waals surface area contributed by atoms with Gasteiger partial charge in [-0.1, -0.05) is 129 Å². The fraction of sp³-hybridized carbons (Fsp3) is 0.0714. The number of hydrogen-bond donors (Lipinski definition) is 0. The van der Waals surface area contributed by atoms with E-state index in [1.807, 2.05) is 24.4 Å². The Labute approximate surface area is 264 Å². The van der Waals surface area contributed by atoms with E-state index in [4.69, 9.17) is 9.97 Å². The second kappa shape index (κ2) is 10.8. The van der Waals surface area contributed by atoms with Crippen molar-refractivity contribution in [1.82, 2.24) is 15.0 Å². The highest BCUT2D eigenvalue weighted by Crippen LogP contribution is 2.52. The van der Waals surface area contributed by atoms with E-state index in [2.05, 4.69) is 140 Å². The van der Waals surface area contributed by atoms with E-state index in [9.17, 15) is 0 Å². The summed E-state index contributed by atoms with van der Waals surface area (Å²) in [6.07, 6.45) is 3.65. The SMILES string of the molecule is CC1(C)c2ccccc2-c2c(-c3cccc(-c4cc(-c5cccnc5)nc(-c5ccc(-c6ccccc6)cc5)n4)c3)cccc21. The van der Waals surface area contributed by atoms with Crippen LogP contribution < -0.4 is 0 Å². The second-order valence-corrected chi connectivity index (χ2v) is 12.1. The molecule has 0 amide bonds. The lowest BCUT2D eigenvalue weighted by molar-refractivity contribution is 0.660. The number of pyridine rings is 1. The van der Waals surface area contributed by atoms with E-state index in [-0.39, 0.29) is 5.41 Å². The maximum absolute atomic E-state index is 5.14. The molecule has 1 aliphatic rings. The number of benzene rings is 5. The molecule has 1 aliphatic carbocycles. The fourth-order valence-electron chi connectivity index (χ4n) is 6.67. The normalized spacial score (nSPS) is 12.8. The molecule has 8 rings (SSSR count). The summed E-state index contributed by atoms with van der Waals surface area (Å²) in [5.74, 6) is 0.688. The molecule has 0 spiro atoms. The zero-order valence-electron chi connectivity index (χ0n) is 25.3. The Kier molecular flexibility index (Phi) is 6.46. The summed E-state index contributed by atoms with van der Waals surface area (Å²) in [4.78, 5) is 14.5. The maximum Gasteiger partial charge on any atom is 0.160 e. The maximum atomic E-state index is 5.14. The predicted octanol–water partition coefficient (Wildman–Crippen LogP) is 10.5. The van der Waals surface area contributed by atoms with Crippen molar-refractivity contribution >= 4 is 0 Å². The van der Waals surface area contributed by atoms with Crippen LogP contribution in [0, 0.1) is 0 Å². The predicted molar refractivity (Wildman–Crippen MR) is 185 cm³/mol. The Bertz CT molecular complexity index is 2170. The Hall–Kier alpha value is -5.67. The van der Waals surface area contributed by atoms with Gasteiger partial charge in [0.05, 0.1) is 11.4 Å². The topological polar surface area (TPSA) is 38.7 Å². The highest BCUT2D eigenvalue weighted by atomic mass is 14.9. The van der Waals surface area contributed by atoms with Crippen molar-refractivity contribution in [1.29, 1.82) is 0 Å². The van der Waals surface area contributed by atoms with Gasteiger partial charge in [0.1, 0.15) is 0 Å². The third-order valence-corrected chi connectivity index (χ3v) is 9.01. The molecule has 0 N–H and O–H groups in total. The van der Waals surface area contributed by atoms with Crippen LogP contribution in [0.25, 0.3) is 67.3 Å². The summed E-state index contributed by atoms with van der Waals surface area (Å²) in [5.41, 5.74) is 14.8. The molecule has 0 bridgehead atoms. The van der Waals surface area contributed by atoms with Crippen molar-refractivity contribution < 1.29 is 0 Å². The number of rotatable bonds is 5. The van der Waals surface area contributed by atoms with Gasteiger partial charge in [-0.05, 0) is 68.8 Å². The van der Waals surface area contributed by atoms with Gasteiger partial charge < -0.3 is 0 Å². The molecule has 0 fully saturated rings. The first-order valence-corrected chi connectivity index (χ1v) is 15.4. The average Bonchev–Trinajstić information content (AvgIpc) is 3.35. The molecule has 0 saturated heterocycles. The minimum Gasteiger partial charge on any atom is -0.264 e. The van der Waals surface area contributed by atoms with Crippen molar-refractivity contribution in [3.63, 3.8) is 0 Å². The number of hydrogen-bond acceptors (Lipinski definition) is 3. The molecule has 7 aromatic rings. The lowest BCUT2D eigenvalue weighted by atomic mass is 9.82. The number of nitrogens with zero attached hydrogens (tertiary/aromatic N) is 3. The van der Waals surface area contributed by atoms with E-state index >= 15 is 0 Å². The van der Waals surface area contributed by atoms with Crippen LogP contribution in [0.1, 0.15) is 25.0 Å². The van der Waals surface area contributed by atoms with Gasteiger partial charge in [0.2, 0.25) is 0 Å². The molecule has 0 unspecified atom stereocenters. The number of aromatic nitrogens is 3. The summed E-state index contributed by atoms with van der Waals surface area (Å²) >= 11 is 0. The highest BCUT2D eigenvalue weighted by molar-refractivity contribution is 5.93. The van der Waals surface area contributed by atoms with Gasteiger partial charge in [0.15, 0.2) is 5.82 Å². The molecule has 45 heavy (non-hydrogen) atoms. The minimum atomic E-state index is -0.0458. The quantitative estimate of drug-likeness (QED) is 0.204. The van der Waals surface area contributed by atoms with Crippen LogP contribution in [0.3, 0.4) is 0 Å². The summed E-state index contributed by atoms with van der Waals surface area (Å²) in [6, 6.07) is 49.3. The molecule has 0 atom stereocenters. The Morgan fingerprint density at radius 3 is 1.84 bits per heavy atom. The molecule has 2 heterocycles. The average molecular weight is 578 g/mol. The van der Waals surface area contributed by atoms with Crippen LogP contribution in [-0.4, -0.2) is 15.0 Å². The van der Waals surface area contributed by atoms with Gasteiger partial charge in [-0.25, -0.2) is 9.97 Å². The Morgan fingerprint density at radius 1 is 0.444 bits per heavy atom. The van der Waals surface area contributed by atoms with Crippen LogP contribution in [0.2, 0.25) is 0 Å². The molecule has 3 heteroatoms. The standard InChI is InChI=1S/C42H31N3/c1-42(2)36-18-7-6-16-35(36)40-34(17-9-19-37(40)42)31-13-8-14-32(25-31)38-26-39(33-15-10-24-43-27-33)45-41(44-38)30-22-20-29(21-23-30)28-11-4-3-5-12-28/h3-27H,1-2H3. The van der Waals surface area contributed by atoms with Gasteiger partial charge in [-0.3, -0.25) is 4.98 Å². The van der Waals surface area contributed by atoms with Gasteiger partial charge >= 0.3 is 0 Å². The van der Waals surface area contributed by atoms with Crippen molar-refractivity contribution in [2.75, 3.05) is 0 Å². The molecule has 3 nitrogen and oxygen atoms in total. The lowest BCUT2D eigenvalue weighted by Crippen LogP contribution is -2.14. The second-order valence-electron chi connectivity index (χ2n) is 12.1. The zero-order valence-corrected chi connectivity index (χ0v) is 25.3. The van der Waals surface area contributed by atoms with Crippen molar-refractivity contribution in [3.8, 4) is 67.3 Å². The molecule has 0 aliphatic heterocycles. The van der Waals surface area contributed by atoms with Gasteiger partial charge in [0.25, 0.3) is 0 Å². The Balaban J connectivity index is 1.25. The fourth-order valence-corrected chi connectivity index (χ4v) is 6.67. The minimum absolute atomic E-state index is 0.0458. The largest absolute Gasteiger partial charge is 0.264 e. The zero-order chi connectivity index (χ0) is 30.4. The third kappa shape index (κ3) is 4.74. The molecule has 0 radical (unpaired) electrons. The van der Waals surface area contributed by atoms with E-state index < -0.39 is 0 Å². The van der Waals surface area contributed by atoms with Crippen LogP contribution >= 0.6 is 0 Å². The molecular weight excluding hydrogens is 546 g/mol. The van der Waals surface area contributed by atoms with Crippen LogP contribution in [-0.2, 0) is 5.41 Å². The van der Waals surface area contributed by atoms with E-state index in [1.165, 1.54) is 38.9 Å². The summed E-state index contributed by atoms with van der Waals surface area (Å²) in [5, 5.41) is 0. The van der Waals surface area contributed by atoms with E-state index in [0.717, 1.165) is 33.6 Å². The van der Waals surface area contributed by atoms with Crippen molar-refractivity contribution in [3.05, 3.63) is 163 Å². The van der Waals surface area contributed by atoms with Crippen molar-refractivity contribution in [2.24, 2.45) is 0 Å². The van der Waals surface area contributed by atoms with Crippen LogP contribution in [0.5, 0.6) is 0 Å². The summed E-state index contributed by atoms with van der Waals surface area (Å²) < 4.78 is 0. The first-order valence-electron chi connectivity index (χ1n) is 15.4. The molecule has 2 aromatic heterocycles. The molecular formula is C42H31N3. The van der Waals surface area contributed by atoms with Gasteiger partial charge in [-0.2, -0.15) is 0 Å². The highest BCUT2D eigenvalue weighted by Gasteiger charge is 2.36. The Morgan fingerprint density at radius 2 is 1.04 bits per heavy atom. The molecule has 214 valence electrons. The van der Waals surface area contributed by atoms with E-state index in [0.29, 0.717) is 5.82 Å². The monoisotopic (exact) mass is 577 g/mol. The summed E-state index contributed by atoms with van der Waals surface area (Å²) in [6.45, 7) is 4.65. The van der Waals surface area contributed by atoms with Crippen LogP contribution in [0.4, 0.5) is 0 Å².